The lowest BCUT2D eigenvalue weighted by atomic mass is 9.78. The van der Waals surface area contributed by atoms with Gasteiger partial charge in [0, 0.05) is 19.3 Å². The van der Waals surface area contributed by atoms with Crippen molar-refractivity contribution < 1.29 is 14.3 Å². The highest BCUT2D eigenvalue weighted by Gasteiger charge is 2.25. The number of carbonyl (C=O) groups is 2. The van der Waals surface area contributed by atoms with E-state index in [1.807, 2.05) is 38.1 Å². The zero-order valence-corrected chi connectivity index (χ0v) is 17.6. The Kier molecular flexibility index (Phi) is 9.19. The molecule has 27 heavy (non-hydrogen) atoms. The standard InChI is InChI=1S/C22H34N2O3/c1-7-19(25)9-8-14-27-20-12-10-18(11-13-20)17(4)23-24-21(26)15-22(5,6)16(2)3/h10-13,16H,7-9,14-15H2,1-6H3,(H,24,26)/b23-17+. The van der Waals surface area contributed by atoms with Crippen molar-refractivity contribution in [3.05, 3.63) is 29.8 Å². The summed E-state index contributed by atoms with van der Waals surface area (Å²) in [6.07, 6.45) is 2.31. The molecule has 1 aromatic carbocycles. The summed E-state index contributed by atoms with van der Waals surface area (Å²) in [5.41, 5.74) is 4.25. The van der Waals surface area contributed by atoms with Crippen molar-refractivity contribution in [1.82, 2.24) is 5.43 Å². The van der Waals surface area contributed by atoms with Gasteiger partial charge in [-0.15, -0.1) is 0 Å². The number of amides is 1. The van der Waals surface area contributed by atoms with Gasteiger partial charge >= 0.3 is 0 Å². The summed E-state index contributed by atoms with van der Waals surface area (Å²) in [4.78, 5) is 23.4. The van der Waals surface area contributed by atoms with Crippen molar-refractivity contribution in [2.75, 3.05) is 6.61 Å². The van der Waals surface area contributed by atoms with Crippen LogP contribution in [-0.4, -0.2) is 24.0 Å². The van der Waals surface area contributed by atoms with Gasteiger partial charge in [0.25, 0.3) is 0 Å². The van der Waals surface area contributed by atoms with Crippen LogP contribution in [0.5, 0.6) is 5.75 Å². The molecule has 5 heteroatoms. The average molecular weight is 375 g/mol. The molecule has 0 aliphatic carbocycles. The van der Waals surface area contributed by atoms with Crippen LogP contribution < -0.4 is 10.2 Å². The number of nitrogens with one attached hydrogen (secondary N) is 1. The molecule has 5 nitrogen and oxygen atoms in total. The van der Waals surface area contributed by atoms with E-state index in [9.17, 15) is 9.59 Å². The molecule has 0 atom stereocenters. The van der Waals surface area contributed by atoms with Crippen molar-refractivity contribution in [2.45, 2.75) is 67.2 Å². The topological polar surface area (TPSA) is 67.8 Å². The van der Waals surface area contributed by atoms with Gasteiger partial charge in [-0.3, -0.25) is 9.59 Å². The molecular formula is C22H34N2O3. The maximum atomic E-state index is 12.1. The quantitative estimate of drug-likeness (QED) is 0.346. The maximum absolute atomic E-state index is 12.1. The predicted octanol–water partition coefficient (Wildman–Crippen LogP) is 4.74. The summed E-state index contributed by atoms with van der Waals surface area (Å²) in [7, 11) is 0. The molecule has 0 spiro atoms. The van der Waals surface area contributed by atoms with Gasteiger partial charge in [0.15, 0.2) is 0 Å². The van der Waals surface area contributed by atoms with Crippen molar-refractivity contribution >= 4 is 17.4 Å². The first kappa shape index (κ1) is 22.9. The molecule has 0 saturated carbocycles. The summed E-state index contributed by atoms with van der Waals surface area (Å²) in [6.45, 7) is 12.7. The second kappa shape index (κ2) is 10.9. The van der Waals surface area contributed by atoms with Gasteiger partial charge in [-0.2, -0.15) is 5.10 Å². The van der Waals surface area contributed by atoms with Crippen molar-refractivity contribution in [1.29, 1.82) is 0 Å². The number of carbonyl (C=O) groups excluding carboxylic acids is 2. The first-order valence-corrected chi connectivity index (χ1v) is 9.73. The zero-order chi connectivity index (χ0) is 20.4. The Morgan fingerprint density at radius 1 is 1.19 bits per heavy atom. The van der Waals surface area contributed by atoms with Crippen LogP contribution in [0.15, 0.2) is 29.4 Å². The number of rotatable bonds is 11. The van der Waals surface area contributed by atoms with Crippen molar-refractivity contribution in [2.24, 2.45) is 16.4 Å². The molecule has 0 fully saturated rings. The van der Waals surface area contributed by atoms with E-state index in [4.69, 9.17) is 4.74 Å². The second-order valence-corrected chi connectivity index (χ2v) is 7.92. The Hall–Kier alpha value is -2.17. The third kappa shape index (κ3) is 8.37. The van der Waals surface area contributed by atoms with Crippen LogP contribution in [0.25, 0.3) is 0 Å². The Balaban J connectivity index is 2.51. The molecule has 0 unspecified atom stereocenters. The minimum Gasteiger partial charge on any atom is -0.494 e. The average Bonchev–Trinajstić information content (AvgIpc) is 2.63. The van der Waals surface area contributed by atoms with Gasteiger partial charge < -0.3 is 4.74 Å². The Labute approximate surface area is 163 Å². The molecule has 1 amide bonds. The van der Waals surface area contributed by atoms with Crippen LogP contribution in [0.2, 0.25) is 0 Å². The Morgan fingerprint density at radius 3 is 2.37 bits per heavy atom. The zero-order valence-electron chi connectivity index (χ0n) is 17.6. The second-order valence-electron chi connectivity index (χ2n) is 7.92. The number of ether oxygens (including phenoxy) is 1. The highest BCUT2D eigenvalue weighted by atomic mass is 16.5. The molecule has 1 N–H and O–H groups in total. The van der Waals surface area contributed by atoms with Gasteiger partial charge in [-0.1, -0.05) is 34.6 Å². The van der Waals surface area contributed by atoms with Crippen LogP contribution in [-0.2, 0) is 9.59 Å². The number of hydrogen-bond acceptors (Lipinski definition) is 4. The highest BCUT2D eigenvalue weighted by molar-refractivity contribution is 5.99. The van der Waals surface area contributed by atoms with Crippen LogP contribution >= 0.6 is 0 Å². The van der Waals surface area contributed by atoms with Crippen LogP contribution in [0.4, 0.5) is 0 Å². The van der Waals surface area contributed by atoms with E-state index in [2.05, 4.69) is 38.2 Å². The van der Waals surface area contributed by atoms with E-state index in [1.54, 1.807) is 0 Å². The molecule has 0 bridgehead atoms. The lowest BCUT2D eigenvalue weighted by Crippen LogP contribution is -2.29. The van der Waals surface area contributed by atoms with Gasteiger partial charge in [-0.05, 0) is 54.5 Å². The van der Waals surface area contributed by atoms with Gasteiger partial charge in [0.2, 0.25) is 5.91 Å². The number of hydrogen-bond donors (Lipinski definition) is 1. The first-order chi connectivity index (χ1) is 12.7. The summed E-state index contributed by atoms with van der Waals surface area (Å²) in [6, 6.07) is 7.57. The number of nitrogens with zero attached hydrogens (tertiary/aromatic N) is 1. The number of Topliss-reactive ketones (excluding diaryl/α,β-unsaturated/α-hetero) is 1. The number of ketones is 1. The smallest absolute Gasteiger partial charge is 0.240 e. The molecule has 0 aromatic heterocycles. The van der Waals surface area contributed by atoms with E-state index in [0.717, 1.165) is 23.4 Å². The molecule has 0 heterocycles. The molecule has 150 valence electrons. The largest absolute Gasteiger partial charge is 0.494 e. The fraction of sp³-hybridized carbons (Fsp3) is 0.591. The molecular weight excluding hydrogens is 340 g/mol. The third-order valence-corrected chi connectivity index (χ3v) is 5.06. The summed E-state index contributed by atoms with van der Waals surface area (Å²) in [5.74, 6) is 1.37. The first-order valence-electron chi connectivity index (χ1n) is 9.73. The third-order valence-electron chi connectivity index (χ3n) is 5.06. The molecule has 0 radical (unpaired) electrons. The number of hydrazone groups is 1. The van der Waals surface area contributed by atoms with E-state index >= 15 is 0 Å². The van der Waals surface area contributed by atoms with Gasteiger partial charge in [0.1, 0.15) is 11.5 Å². The molecule has 0 aliphatic heterocycles. The van der Waals surface area contributed by atoms with E-state index in [-0.39, 0.29) is 17.1 Å². The SMILES string of the molecule is CCC(=O)CCCOc1ccc(/C(C)=N/NC(=O)CC(C)(C)C(C)C)cc1. The lowest BCUT2D eigenvalue weighted by Gasteiger charge is -2.27. The van der Waals surface area contributed by atoms with Gasteiger partial charge in [0.05, 0.1) is 12.3 Å². The normalized spacial score (nSPS) is 12.2. The van der Waals surface area contributed by atoms with E-state index in [1.165, 1.54) is 0 Å². The minimum atomic E-state index is -0.0744. The van der Waals surface area contributed by atoms with Gasteiger partial charge in [-0.25, -0.2) is 5.43 Å². The predicted molar refractivity (Wildman–Crippen MR) is 110 cm³/mol. The molecule has 1 aromatic rings. The minimum absolute atomic E-state index is 0.0613. The maximum Gasteiger partial charge on any atom is 0.240 e. The lowest BCUT2D eigenvalue weighted by molar-refractivity contribution is -0.123. The monoisotopic (exact) mass is 374 g/mol. The van der Waals surface area contributed by atoms with Crippen LogP contribution in [0.1, 0.15) is 72.8 Å². The molecule has 0 saturated heterocycles. The molecule has 1 rings (SSSR count). The number of benzene rings is 1. The van der Waals surface area contributed by atoms with E-state index in [0.29, 0.717) is 31.8 Å². The summed E-state index contributed by atoms with van der Waals surface area (Å²) in [5, 5.41) is 4.21. The van der Waals surface area contributed by atoms with Crippen molar-refractivity contribution in [3.8, 4) is 5.75 Å². The summed E-state index contributed by atoms with van der Waals surface area (Å²) >= 11 is 0. The van der Waals surface area contributed by atoms with Crippen molar-refractivity contribution in [3.63, 3.8) is 0 Å². The Bertz CT molecular complexity index is 646. The fourth-order valence-corrected chi connectivity index (χ4v) is 2.30. The van der Waals surface area contributed by atoms with E-state index < -0.39 is 0 Å². The summed E-state index contributed by atoms with van der Waals surface area (Å²) < 4.78 is 5.65. The fourth-order valence-electron chi connectivity index (χ4n) is 2.30. The van der Waals surface area contributed by atoms with Crippen LogP contribution in [0, 0.1) is 11.3 Å². The highest BCUT2D eigenvalue weighted by Crippen LogP contribution is 2.29. The van der Waals surface area contributed by atoms with Crippen LogP contribution in [0.3, 0.4) is 0 Å². The Morgan fingerprint density at radius 2 is 1.81 bits per heavy atom. The molecule has 0 aliphatic rings.